The van der Waals surface area contributed by atoms with Crippen LogP contribution in [-0.2, 0) is 11.2 Å². The molecule has 0 saturated carbocycles. The molecule has 0 aliphatic heterocycles. The molecule has 0 bridgehead atoms. The van der Waals surface area contributed by atoms with Crippen molar-refractivity contribution in [3.63, 3.8) is 0 Å². The van der Waals surface area contributed by atoms with E-state index in [-0.39, 0.29) is 5.91 Å². The number of rotatable bonds is 4. The molecule has 1 amide bonds. The Bertz CT molecular complexity index is 763. The van der Waals surface area contributed by atoms with Gasteiger partial charge in [0, 0.05) is 11.1 Å². The average molecular weight is 281 g/mol. The minimum absolute atomic E-state index is 0.0565. The van der Waals surface area contributed by atoms with Gasteiger partial charge in [-0.15, -0.1) is 0 Å². The van der Waals surface area contributed by atoms with Crippen LogP contribution in [0.4, 0.5) is 5.69 Å². The van der Waals surface area contributed by atoms with E-state index in [1.165, 1.54) is 0 Å². The number of carbonyl (C=O) groups excluding carboxylic acids is 1. The lowest BCUT2D eigenvalue weighted by molar-refractivity contribution is -0.115. The number of H-pyrrole nitrogens is 1. The first kappa shape index (κ1) is 13.2. The number of nitrogens with one attached hydrogen (secondary N) is 2. The van der Waals surface area contributed by atoms with E-state index in [4.69, 9.17) is 4.74 Å². The fourth-order valence-electron chi connectivity index (χ4n) is 2.15. The summed E-state index contributed by atoms with van der Waals surface area (Å²) in [5.74, 6) is 0.725. The predicted octanol–water partition coefficient (Wildman–Crippen LogP) is 2.75. The number of aromatic nitrogens is 2. The largest absolute Gasteiger partial charge is 0.497 e. The lowest BCUT2D eigenvalue weighted by atomic mass is 10.1. The van der Waals surface area contributed by atoms with Gasteiger partial charge in [-0.3, -0.25) is 9.89 Å². The summed E-state index contributed by atoms with van der Waals surface area (Å²) in [6.45, 7) is 0. The van der Waals surface area contributed by atoms with E-state index in [2.05, 4.69) is 15.5 Å². The molecule has 0 atom stereocenters. The highest BCUT2D eigenvalue weighted by atomic mass is 16.5. The maximum Gasteiger partial charge on any atom is 0.228 e. The fourth-order valence-corrected chi connectivity index (χ4v) is 2.15. The van der Waals surface area contributed by atoms with Gasteiger partial charge in [0.15, 0.2) is 0 Å². The molecule has 0 saturated heterocycles. The molecule has 5 heteroatoms. The predicted molar refractivity (Wildman–Crippen MR) is 81.4 cm³/mol. The van der Waals surface area contributed by atoms with Crippen LogP contribution in [-0.4, -0.2) is 23.2 Å². The molecular formula is C16H15N3O2. The Morgan fingerprint density at radius 1 is 1.24 bits per heavy atom. The van der Waals surface area contributed by atoms with Crippen molar-refractivity contribution >= 4 is 22.5 Å². The van der Waals surface area contributed by atoms with E-state index in [0.29, 0.717) is 6.42 Å². The third-order valence-electron chi connectivity index (χ3n) is 3.25. The summed E-state index contributed by atoms with van der Waals surface area (Å²) in [6.07, 6.45) is 2.07. The van der Waals surface area contributed by atoms with Crippen LogP contribution < -0.4 is 10.1 Å². The van der Waals surface area contributed by atoms with Crippen molar-refractivity contribution in [2.75, 3.05) is 12.4 Å². The molecule has 0 fully saturated rings. The number of anilines is 1. The lowest BCUT2D eigenvalue weighted by Crippen LogP contribution is -2.14. The number of carbonyl (C=O) groups is 1. The molecule has 3 aromatic rings. The van der Waals surface area contributed by atoms with Crippen LogP contribution in [0, 0.1) is 0 Å². The van der Waals surface area contributed by atoms with Crippen molar-refractivity contribution in [3.8, 4) is 5.75 Å². The van der Waals surface area contributed by atoms with E-state index in [9.17, 15) is 4.79 Å². The number of ether oxygens (including phenoxy) is 1. The molecule has 0 aliphatic carbocycles. The Hall–Kier alpha value is -2.82. The van der Waals surface area contributed by atoms with Gasteiger partial charge in [0.2, 0.25) is 5.91 Å². The van der Waals surface area contributed by atoms with E-state index >= 15 is 0 Å². The lowest BCUT2D eigenvalue weighted by Gasteiger charge is -2.06. The first-order valence-electron chi connectivity index (χ1n) is 6.60. The third-order valence-corrected chi connectivity index (χ3v) is 3.25. The van der Waals surface area contributed by atoms with Crippen LogP contribution in [0.2, 0.25) is 0 Å². The van der Waals surface area contributed by atoms with Crippen LogP contribution in [0.3, 0.4) is 0 Å². The van der Waals surface area contributed by atoms with E-state index in [0.717, 1.165) is 27.9 Å². The number of hydrogen-bond donors (Lipinski definition) is 2. The molecule has 0 aliphatic rings. The van der Waals surface area contributed by atoms with Gasteiger partial charge < -0.3 is 10.1 Å². The second-order valence-electron chi connectivity index (χ2n) is 4.75. The summed E-state index contributed by atoms with van der Waals surface area (Å²) in [5, 5.41) is 10.7. The van der Waals surface area contributed by atoms with Crippen molar-refractivity contribution < 1.29 is 9.53 Å². The Balaban J connectivity index is 1.67. The molecule has 2 N–H and O–H groups in total. The molecule has 0 radical (unpaired) electrons. The van der Waals surface area contributed by atoms with Crippen LogP contribution in [0.25, 0.3) is 10.9 Å². The highest BCUT2D eigenvalue weighted by Gasteiger charge is 2.05. The molecule has 0 spiro atoms. The second kappa shape index (κ2) is 5.66. The van der Waals surface area contributed by atoms with E-state index < -0.39 is 0 Å². The topological polar surface area (TPSA) is 67.0 Å². The normalized spacial score (nSPS) is 10.5. The monoisotopic (exact) mass is 281 g/mol. The molecule has 5 nitrogen and oxygen atoms in total. The van der Waals surface area contributed by atoms with Gasteiger partial charge in [0.1, 0.15) is 5.75 Å². The van der Waals surface area contributed by atoms with Crippen molar-refractivity contribution in [3.05, 3.63) is 54.2 Å². The van der Waals surface area contributed by atoms with Gasteiger partial charge in [0.25, 0.3) is 0 Å². The number of nitrogens with zero attached hydrogens (tertiary/aromatic N) is 1. The minimum Gasteiger partial charge on any atom is -0.497 e. The number of fused-ring (bicyclic) bond motifs is 1. The second-order valence-corrected chi connectivity index (χ2v) is 4.75. The maximum absolute atomic E-state index is 12.0. The summed E-state index contributed by atoms with van der Waals surface area (Å²) in [5.41, 5.74) is 2.60. The van der Waals surface area contributed by atoms with Crippen molar-refractivity contribution in [2.24, 2.45) is 0 Å². The summed E-state index contributed by atoms with van der Waals surface area (Å²) in [6, 6.07) is 13.1. The zero-order chi connectivity index (χ0) is 14.7. The van der Waals surface area contributed by atoms with Gasteiger partial charge in [-0.25, -0.2) is 0 Å². The quantitative estimate of drug-likeness (QED) is 0.772. The number of amides is 1. The average Bonchev–Trinajstić information content (AvgIpc) is 2.95. The molecule has 0 unspecified atom stereocenters. The third kappa shape index (κ3) is 3.02. The van der Waals surface area contributed by atoms with Crippen molar-refractivity contribution in [2.45, 2.75) is 6.42 Å². The minimum atomic E-state index is -0.0565. The zero-order valence-corrected chi connectivity index (χ0v) is 11.6. The van der Waals surface area contributed by atoms with Gasteiger partial charge in [-0.2, -0.15) is 5.10 Å². The zero-order valence-electron chi connectivity index (χ0n) is 11.6. The molecule has 106 valence electrons. The number of hydrogen-bond acceptors (Lipinski definition) is 3. The molecule has 1 aromatic heterocycles. The molecule has 1 heterocycles. The van der Waals surface area contributed by atoms with Gasteiger partial charge in [-0.1, -0.05) is 12.1 Å². The number of aromatic amines is 1. The highest BCUT2D eigenvalue weighted by Crippen LogP contribution is 2.17. The summed E-state index contributed by atoms with van der Waals surface area (Å²) in [4.78, 5) is 12.0. The molecule has 3 rings (SSSR count). The first-order chi connectivity index (χ1) is 10.2. The van der Waals surface area contributed by atoms with Gasteiger partial charge >= 0.3 is 0 Å². The van der Waals surface area contributed by atoms with Crippen LogP contribution in [0.15, 0.2) is 48.7 Å². The van der Waals surface area contributed by atoms with Crippen LogP contribution in [0.1, 0.15) is 5.56 Å². The van der Waals surface area contributed by atoms with Crippen molar-refractivity contribution in [1.29, 1.82) is 0 Å². The van der Waals surface area contributed by atoms with Gasteiger partial charge in [-0.05, 0) is 35.9 Å². The SMILES string of the molecule is COc1ccc(CC(=O)Nc2ccc3cn[nH]c3c2)cc1. The fraction of sp³-hybridized carbons (Fsp3) is 0.125. The maximum atomic E-state index is 12.0. The van der Waals surface area contributed by atoms with E-state index in [1.54, 1.807) is 13.3 Å². The molecule has 2 aromatic carbocycles. The Morgan fingerprint density at radius 2 is 2.05 bits per heavy atom. The van der Waals surface area contributed by atoms with Crippen LogP contribution >= 0.6 is 0 Å². The van der Waals surface area contributed by atoms with E-state index in [1.807, 2.05) is 42.5 Å². The summed E-state index contributed by atoms with van der Waals surface area (Å²) >= 11 is 0. The Kier molecular flexibility index (Phi) is 3.55. The van der Waals surface area contributed by atoms with Crippen LogP contribution in [0.5, 0.6) is 5.75 Å². The van der Waals surface area contributed by atoms with Crippen molar-refractivity contribution in [1.82, 2.24) is 10.2 Å². The standard InChI is InChI=1S/C16H15N3O2/c1-21-14-6-2-11(3-7-14)8-16(20)18-13-5-4-12-10-17-19-15(12)9-13/h2-7,9-10H,8H2,1H3,(H,17,19)(H,18,20). The smallest absolute Gasteiger partial charge is 0.228 e. The van der Waals surface area contributed by atoms with Gasteiger partial charge in [0.05, 0.1) is 25.2 Å². The highest BCUT2D eigenvalue weighted by molar-refractivity contribution is 5.94. The number of benzene rings is 2. The summed E-state index contributed by atoms with van der Waals surface area (Å²) < 4.78 is 5.09. The first-order valence-corrected chi connectivity index (χ1v) is 6.60. The molecular weight excluding hydrogens is 266 g/mol. The molecule has 21 heavy (non-hydrogen) atoms. The Labute approximate surface area is 121 Å². The Morgan fingerprint density at radius 3 is 2.81 bits per heavy atom. The summed E-state index contributed by atoms with van der Waals surface area (Å²) in [7, 11) is 1.62. The number of methoxy groups -OCH3 is 1.